The lowest BCUT2D eigenvalue weighted by Gasteiger charge is -2.23. The molecule has 0 aliphatic rings. The molecule has 1 aromatic carbocycles. The van der Waals surface area contributed by atoms with Gasteiger partial charge in [-0.05, 0) is 41.1 Å². The Bertz CT molecular complexity index is 456. The molecule has 0 saturated heterocycles. The first-order valence-electron chi connectivity index (χ1n) is 4.43. The van der Waals surface area contributed by atoms with Crippen LogP contribution >= 0.6 is 15.9 Å². The predicted molar refractivity (Wildman–Crippen MR) is 58.6 cm³/mol. The Morgan fingerprint density at radius 1 is 1.29 bits per heavy atom. The van der Waals surface area contributed by atoms with Crippen molar-refractivity contribution in [3.63, 3.8) is 0 Å². The Hall–Kier alpha value is -1.11. The molecule has 94 valence electrons. The van der Waals surface area contributed by atoms with Crippen LogP contribution in [0.4, 0.5) is 23.2 Å². The Balaban J connectivity index is 3.40. The number of halogens is 5. The predicted octanol–water partition coefficient (Wildman–Crippen LogP) is 3.55. The molecule has 0 bridgehead atoms. The molecule has 0 radical (unpaired) electrons. The van der Waals surface area contributed by atoms with Crippen LogP contribution in [0.2, 0.25) is 0 Å². The molecule has 0 aromatic heterocycles. The van der Waals surface area contributed by atoms with Gasteiger partial charge in [-0.15, -0.1) is 0 Å². The summed E-state index contributed by atoms with van der Waals surface area (Å²) < 4.78 is 52.2. The summed E-state index contributed by atoms with van der Waals surface area (Å²) in [6, 6.07) is 2.87. The van der Waals surface area contributed by atoms with E-state index in [2.05, 4.69) is 0 Å². The van der Waals surface area contributed by atoms with Crippen molar-refractivity contribution in [2.75, 3.05) is 5.73 Å². The summed E-state index contributed by atoms with van der Waals surface area (Å²) in [5.41, 5.74) is 3.54. The number of carbonyl (C=O) groups excluding carboxylic acids is 1. The lowest BCUT2D eigenvalue weighted by Crippen LogP contribution is -2.33. The molecule has 0 aliphatic carbocycles. The van der Waals surface area contributed by atoms with Gasteiger partial charge in [0.25, 0.3) is 0 Å². The highest BCUT2D eigenvalue weighted by molar-refractivity contribution is 9.10. The zero-order valence-electron chi connectivity index (χ0n) is 8.61. The summed E-state index contributed by atoms with van der Waals surface area (Å²) in [5.74, 6) is -5.01. The van der Waals surface area contributed by atoms with Gasteiger partial charge in [-0.2, -0.15) is 17.6 Å². The number of rotatable bonds is 3. The normalized spacial score (nSPS) is 12.6. The number of hydrogen-bond acceptors (Lipinski definition) is 2. The van der Waals surface area contributed by atoms with E-state index in [0.29, 0.717) is 6.07 Å². The maximum absolute atomic E-state index is 13.4. The molecule has 17 heavy (non-hydrogen) atoms. The molecule has 2 nitrogen and oxygen atoms in total. The first-order chi connectivity index (χ1) is 7.57. The number of carbonyl (C=O) groups is 1. The van der Waals surface area contributed by atoms with Crippen LogP contribution in [0.3, 0.4) is 0 Å². The summed E-state index contributed by atoms with van der Waals surface area (Å²) in [6.45, 7) is 1.14. The van der Waals surface area contributed by atoms with Gasteiger partial charge in [0.2, 0.25) is 0 Å². The van der Waals surface area contributed by atoms with Gasteiger partial charge in [0.15, 0.2) is 5.78 Å². The van der Waals surface area contributed by atoms with Crippen LogP contribution in [0.15, 0.2) is 18.2 Å². The van der Waals surface area contributed by atoms with Crippen molar-refractivity contribution >= 4 is 27.4 Å². The van der Waals surface area contributed by atoms with Crippen LogP contribution in [0.25, 0.3) is 0 Å². The molecule has 0 amide bonds. The van der Waals surface area contributed by atoms with Crippen molar-refractivity contribution < 1.29 is 22.4 Å². The standard InChI is InChI=1S/C10H8BrF4NO/c1-5(17)6-2-3-8(16)7(4-6)9(12,13)10(11,14)15/h2-4H,16H2,1H3. The maximum atomic E-state index is 13.4. The Morgan fingerprint density at radius 2 is 1.82 bits per heavy atom. The third kappa shape index (κ3) is 2.59. The number of nitrogen functional groups attached to an aromatic ring is 1. The number of alkyl halides is 5. The van der Waals surface area contributed by atoms with E-state index in [1.807, 2.05) is 0 Å². The van der Waals surface area contributed by atoms with E-state index in [9.17, 15) is 22.4 Å². The van der Waals surface area contributed by atoms with Crippen LogP contribution in [0.5, 0.6) is 0 Å². The molecular weight excluding hydrogens is 306 g/mol. The summed E-state index contributed by atoms with van der Waals surface area (Å²) in [4.78, 5) is 6.56. The molecule has 1 rings (SSSR count). The van der Waals surface area contributed by atoms with Gasteiger partial charge in [0, 0.05) is 11.3 Å². The van der Waals surface area contributed by atoms with Crippen LogP contribution < -0.4 is 5.73 Å². The average molecular weight is 314 g/mol. The molecule has 0 spiro atoms. The van der Waals surface area contributed by atoms with Crippen molar-refractivity contribution in [2.24, 2.45) is 0 Å². The fourth-order valence-corrected chi connectivity index (χ4v) is 1.41. The van der Waals surface area contributed by atoms with Crippen molar-refractivity contribution in [1.82, 2.24) is 0 Å². The van der Waals surface area contributed by atoms with Crippen LogP contribution in [0.1, 0.15) is 22.8 Å². The smallest absolute Gasteiger partial charge is 0.367 e. The second-order valence-corrected chi connectivity index (χ2v) is 4.43. The van der Waals surface area contributed by atoms with Crippen LogP contribution in [-0.4, -0.2) is 10.6 Å². The monoisotopic (exact) mass is 313 g/mol. The highest BCUT2D eigenvalue weighted by Gasteiger charge is 2.56. The summed E-state index contributed by atoms with van der Waals surface area (Å²) >= 11 is 1.61. The van der Waals surface area contributed by atoms with E-state index in [0.717, 1.165) is 13.0 Å². The minimum atomic E-state index is -4.50. The number of benzene rings is 1. The first-order valence-corrected chi connectivity index (χ1v) is 5.22. The number of anilines is 1. The molecule has 0 saturated carbocycles. The lowest BCUT2D eigenvalue weighted by molar-refractivity contribution is -0.153. The Morgan fingerprint density at radius 3 is 2.24 bits per heavy atom. The molecule has 0 heterocycles. The molecule has 7 heteroatoms. The first kappa shape index (κ1) is 14.0. The van der Waals surface area contributed by atoms with Gasteiger partial charge in [0.05, 0.1) is 5.56 Å². The molecule has 0 fully saturated rings. The quantitative estimate of drug-likeness (QED) is 0.401. The van der Waals surface area contributed by atoms with E-state index >= 15 is 0 Å². The van der Waals surface area contributed by atoms with Crippen molar-refractivity contribution in [2.45, 2.75) is 17.7 Å². The zero-order valence-corrected chi connectivity index (χ0v) is 10.2. The highest BCUT2D eigenvalue weighted by atomic mass is 79.9. The minimum Gasteiger partial charge on any atom is -0.398 e. The molecular formula is C10H8BrF4NO. The third-order valence-corrected chi connectivity index (χ3v) is 2.65. The number of ketones is 1. The van der Waals surface area contributed by atoms with Crippen molar-refractivity contribution in [3.8, 4) is 0 Å². The molecule has 0 atom stereocenters. The van der Waals surface area contributed by atoms with Gasteiger partial charge in [-0.1, -0.05) is 0 Å². The summed E-state index contributed by atoms with van der Waals surface area (Å²) in [7, 11) is 0. The van der Waals surface area contributed by atoms with E-state index in [1.54, 1.807) is 15.9 Å². The zero-order chi connectivity index (χ0) is 13.4. The second-order valence-electron chi connectivity index (χ2n) is 3.43. The molecule has 1 aromatic rings. The fourth-order valence-electron chi connectivity index (χ4n) is 1.20. The molecule has 2 N–H and O–H groups in total. The lowest BCUT2D eigenvalue weighted by atomic mass is 10.0. The van der Waals surface area contributed by atoms with Crippen molar-refractivity contribution in [1.29, 1.82) is 0 Å². The van der Waals surface area contributed by atoms with E-state index in [4.69, 9.17) is 5.73 Å². The van der Waals surface area contributed by atoms with Gasteiger partial charge < -0.3 is 5.73 Å². The van der Waals surface area contributed by atoms with Gasteiger partial charge in [-0.3, -0.25) is 4.79 Å². The summed E-state index contributed by atoms with van der Waals surface area (Å²) in [5, 5.41) is 0. The fraction of sp³-hybridized carbons (Fsp3) is 0.300. The van der Waals surface area contributed by atoms with E-state index in [-0.39, 0.29) is 5.56 Å². The van der Waals surface area contributed by atoms with Gasteiger partial charge in [0.1, 0.15) is 0 Å². The highest BCUT2D eigenvalue weighted by Crippen LogP contribution is 2.48. The van der Waals surface area contributed by atoms with E-state index < -0.39 is 27.8 Å². The van der Waals surface area contributed by atoms with E-state index in [1.165, 1.54) is 6.07 Å². The SMILES string of the molecule is CC(=O)c1ccc(N)c(C(F)(F)C(F)(F)Br)c1. The van der Waals surface area contributed by atoms with Crippen LogP contribution in [-0.2, 0) is 5.92 Å². The van der Waals surface area contributed by atoms with Gasteiger partial charge >= 0.3 is 10.8 Å². The largest absolute Gasteiger partial charge is 0.398 e. The Kier molecular flexibility index (Phi) is 3.52. The third-order valence-electron chi connectivity index (χ3n) is 2.15. The average Bonchev–Trinajstić information content (AvgIpc) is 2.15. The maximum Gasteiger partial charge on any atom is 0.367 e. The topological polar surface area (TPSA) is 43.1 Å². The molecule has 0 aliphatic heterocycles. The number of hydrogen-bond donors (Lipinski definition) is 1. The number of nitrogens with two attached hydrogens (primary N) is 1. The second kappa shape index (κ2) is 4.29. The van der Waals surface area contributed by atoms with Gasteiger partial charge in [-0.25, -0.2) is 0 Å². The summed E-state index contributed by atoms with van der Waals surface area (Å²) in [6.07, 6.45) is 0. The Labute approximate surface area is 103 Å². The van der Waals surface area contributed by atoms with Crippen molar-refractivity contribution in [3.05, 3.63) is 29.3 Å². The van der Waals surface area contributed by atoms with Crippen LogP contribution in [0, 0.1) is 0 Å². The number of Topliss-reactive ketones (excluding diaryl/α,β-unsaturated/α-hetero) is 1. The minimum absolute atomic E-state index is 0.106. The molecule has 0 unspecified atom stereocenters.